The Morgan fingerprint density at radius 2 is 2.36 bits per heavy atom. The lowest BCUT2D eigenvalue weighted by atomic mass is 10.2. The molecule has 0 spiro atoms. The van der Waals surface area contributed by atoms with Crippen molar-refractivity contribution < 1.29 is 4.79 Å². The number of unbranched alkanes of at least 4 members (excludes halogenated alkanes) is 2. The third kappa shape index (κ3) is 2.38. The maximum Gasteiger partial charge on any atom is 0.365 e. The first-order valence-electron chi connectivity index (χ1n) is 4.49. The lowest BCUT2D eigenvalue weighted by Crippen LogP contribution is -2.41. The average Bonchev–Trinajstić information content (AvgIpc) is 2.48. The van der Waals surface area contributed by atoms with E-state index in [1.54, 1.807) is 0 Å². The van der Waals surface area contributed by atoms with Gasteiger partial charge in [0.25, 0.3) is 0 Å². The van der Waals surface area contributed by atoms with Gasteiger partial charge < -0.3 is 5.73 Å². The van der Waals surface area contributed by atoms with E-state index in [2.05, 4.69) is 17.4 Å². The lowest BCUT2D eigenvalue weighted by Gasteiger charge is -2.04. The highest BCUT2D eigenvalue weighted by atomic mass is 32.1. The van der Waals surface area contributed by atoms with Crippen LogP contribution >= 0.6 is 12.2 Å². The van der Waals surface area contributed by atoms with Gasteiger partial charge in [0.15, 0.2) is 10.4 Å². The highest BCUT2D eigenvalue weighted by molar-refractivity contribution is 7.80. The van der Waals surface area contributed by atoms with Crippen molar-refractivity contribution in [2.75, 3.05) is 6.54 Å². The molecule has 0 saturated carbocycles. The van der Waals surface area contributed by atoms with Crippen molar-refractivity contribution in [3.05, 3.63) is 0 Å². The number of urea groups is 1. The van der Waals surface area contributed by atoms with Gasteiger partial charge in [-0.3, -0.25) is 0 Å². The number of hydrogen-bond donors (Lipinski definition) is 1. The molecule has 0 atom stereocenters. The van der Waals surface area contributed by atoms with Crippen LogP contribution in [0.2, 0.25) is 0 Å². The second-order valence-electron chi connectivity index (χ2n) is 2.94. The summed E-state index contributed by atoms with van der Waals surface area (Å²) in [6.07, 6.45) is 3.20. The summed E-state index contributed by atoms with van der Waals surface area (Å²) in [5, 5.41) is 9.96. The number of rotatable bonds is 4. The molecule has 1 heterocycles. The van der Waals surface area contributed by atoms with Gasteiger partial charge in [-0.25, -0.2) is 4.79 Å². The first-order valence-corrected chi connectivity index (χ1v) is 4.90. The Balaban J connectivity index is 2.41. The first kappa shape index (κ1) is 10.8. The van der Waals surface area contributed by atoms with Gasteiger partial charge in [-0.1, -0.05) is 18.4 Å². The Bertz CT molecular complexity index is 267. The number of carbonyl (C=O) groups is 1. The summed E-state index contributed by atoms with van der Waals surface area (Å²) in [6.45, 7) is 2.79. The third-order valence-corrected chi connectivity index (χ3v) is 2.21. The van der Waals surface area contributed by atoms with E-state index in [-0.39, 0.29) is 5.11 Å². The van der Waals surface area contributed by atoms with Crippen LogP contribution in [-0.2, 0) is 0 Å². The standard InChI is InChI=1S/C7H13N5OS/c1-2-3-4-5-11-7(14)12(6(8)13)10-9-11/h2-5H2,1H3,(H2,8,13)/q+1. The Labute approximate surface area is 87.7 Å². The number of primary amides is 1. The molecule has 1 aliphatic heterocycles. The summed E-state index contributed by atoms with van der Waals surface area (Å²) in [5.41, 5.74) is 5.02. The number of thiocarbonyl (C=S) groups is 1. The van der Waals surface area contributed by atoms with Gasteiger partial charge in [0.2, 0.25) is 0 Å². The highest BCUT2D eigenvalue weighted by Crippen LogP contribution is 2.07. The van der Waals surface area contributed by atoms with Gasteiger partial charge in [0.1, 0.15) is 6.54 Å². The Hall–Kier alpha value is -1.24. The summed E-state index contributed by atoms with van der Waals surface area (Å²) >= 11 is 4.95. The molecule has 0 aliphatic carbocycles. The number of hydrogen-bond acceptors (Lipinski definition) is 4. The Morgan fingerprint density at radius 3 is 2.86 bits per heavy atom. The molecular weight excluding hydrogens is 202 g/mol. The van der Waals surface area contributed by atoms with Crippen LogP contribution in [-0.4, -0.2) is 27.7 Å². The van der Waals surface area contributed by atoms with E-state index in [1.165, 1.54) is 5.01 Å². The molecule has 0 fully saturated rings. The molecule has 1 radical (unpaired) electrons. The molecule has 0 bridgehead atoms. The third-order valence-electron chi connectivity index (χ3n) is 1.82. The predicted octanol–water partition coefficient (Wildman–Crippen LogP) is 0.776. The quantitative estimate of drug-likeness (QED) is 0.556. The van der Waals surface area contributed by atoms with E-state index in [0.717, 1.165) is 24.3 Å². The zero-order chi connectivity index (χ0) is 10.6. The number of nitrogens with zero attached hydrogens (tertiary/aromatic N) is 4. The van der Waals surface area contributed by atoms with E-state index < -0.39 is 6.03 Å². The van der Waals surface area contributed by atoms with Crippen molar-refractivity contribution in [1.29, 1.82) is 0 Å². The minimum Gasteiger partial charge on any atom is -0.348 e. The van der Waals surface area contributed by atoms with Crippen molar-refractivity contribution in [2.45, 2.75) is 26.2 Å². The molecule has 0 aromatic heterocycles. The SMILES string of the molecule is CCCCCN1N=[N+]N(C(N)=O)C1=S. The molecular formula is C7H13N5OS+. The zero-order valence-corrected chi connectivity index (χ0v) is 8.83. The summed E-state index contributed by atoms with van der Waals surface area (Å²) < 4.78 is 0. The van der Waals surface area contributed by atoms with Gasteiger partial charge >= 0.3 is 11.1 Å². The maximum atomic E-state index is 10.8. The minimum atomic E-state index is -0.697. The molecule has 14 heavy (non-hydrogen) atoms. The molecule has 1 rings (SSSR count). The van der Waals surface area contributed by atoms with Gasteiger partial charge in [0.05, 0.1) is 0 Å². The molecule has 77 valence electrons. The van der Waals surface area contributed by atoms with Crippen LogP contribution < -0.4 is 11.0 Å². The highest BCUT2D eigenvalue weighted by Gasteiger charge is 2.37. The van der Waals surface area contributed by atoms with E-state index in [9.17, 15) is 4.79 Å². The smallest absolute Gasteiger partial charge is 0.348 e. The molecule has 1 aliphatic rings. The molecule has 2 N–H and O–H groups in total. The van der Waals surface area contributed by atoms with Crippen LogP contribution in [0.15, 0.2) is 5.22 Å². The van der Waals surface area contributed by atoms with Crippen molar-refractivity contribution in [2.24, 2.45) is 11.0 Å². The van der Waals surface area contributed by atoms with Gasteiger partial charge in [-0.2, -0.15) is 0 Å². The summed E-state index contributed by atoms with van der Waals surface area (Å²) in [6, 6.07) is -0.697. The second kappa shape index (κ2) is 4.85. The van der Waals surface area contributed by atoms with Gasteiger partial charge in [-0.15, -0.1) is 0 Å². The second-order valence-corrected chi connectivity index (χ2v) is 3.31. The maximum absolute atomic E-state index is 10.8. The van der Waals surface area contributed by atoms with Crippen LogP contribution in [0.25, 0.3) is 0 Å². The van der Waals surface area contributed by atoms with E-state index in [0.29, 0.717) is 6.54 Å². The Kier molecular flexibility index (Phi) is 3.75. The van der Waals surface area contributed by atoms with Crippen LogP contribution in [0.5, 0.6) is 0 Å². The molecule has 0 saturated heterocycles. The fraction of sp³-hybridized carbons (Fsp3) is 0.714. The molecule has 0 aromatic carbocycles. The number of amides is 2. The first-order chi connectivity index (χ1) is 6.66. The molecule has 0 unspecified atom stereocenters. The summed E-state index contributed by atoms with van der Waals surface area (Å²) in [4.78, 5) is 10.8. The van der Waals surface area contributed by atoms with Crippen LogP contribution in [0.1, 0.15) is 26.2 Å². The van der Waals surface area contributed by atoms with E-state index in [1.807, 2.05) is 0 Å². The zero-order valence-electron chi connectivity index (χ0n) is 8.01. The van der Waals surface area contributed by atoms with Crippen LogP contribution in [0, 0.1) is 0 Å². The summed E-state index contributed by atoms with van der Waals surface area (Å²) in [7, 11) is 0. The minimum absolute atomic E-state index is 0.258. The molecule has 7 heteroatoms. The fourth-order valence-corrected chi connectivity index (χ4v) is 1.32. The molecule has 2 amide bonds. The summed E-state index contributed by atoms with van der Waals surface area (Å²) in [5.74, 6) is 0. The largest absolute Gasteiger partial charge is 0.365 e. The monoisotopic (exact) mass is 215 g/mol. The van der Waals surface area contributed by atoms with Gasteiger partial charge in [0, 0.05) is 0 Å². The van der Waals surface area contributed by atoms with Crippen molar-refractivity contribution in [3.63, 3.8) is 0 Å². The lowest BCUT2D eigenvalue weighted by molar-refractivity contribution is 0.226. The predicted molar refractivity (Wildman–Crippen MR) is 54.8 cm³/mol. The van der Waals surface area contributed by atoms with Crippen molar-refractivity contribution in [1.82, 2.24) is 15.2 Å². The number of nitrogens with two attached hydrogens (primary N) is 1. The number of carbonyl (C=O) groups excluding carboxylic acids is 1. The normalized spacial score (nSPS) is 15.4. The molecule has 6 nitrogen and oxygen atoms in total. The molecule has 0 aromatic rings. The van der Waals surface area contributed by atoms with Gasteiger partial charge in [-0.05, 0) is 30.1 Å². The fourth-order valence-electron chi connectivity index (χ4n) is 1.06. The average molecular weight is 215 g/mol. The van der Waals surface area contributed by atoms with Crippen LogP contribution in [0.3, 0.4) is 0 Å². The van der Waals surface area contributed by atoms with E-state index in [4.69, 9.17) is 18.0 Å². The van der Waals surface area contributed by atoms with E-state index >= 15 is 0 Å². The topological polar surface area (TPSA) is 76.0 Å². The van der Waals surface area contributed by atoms with Crippen LogP contribution in [0.4, 0.5) is 4.79 Å². The Morgan fingerprint density at radius 1 is 1.64 bits per heavy atom. The van der Waals surface area contributed by atoms with Crippen molar-refractivity contribution >= 4 is 23.4 Å². The van der Waals surface area contributed by atoms with Crippen molar-refractivity contribution in [3.8, 4) is 0 Å².